The van der Waals surface area contributed by atoms with Crippen molar-refractivity contribution in [1.29, 1.82) is 0 Å². The van der Waals surface area contributed by atoms with E-state index in [1.165, 1.54) is 42.6 Å². The molecule has 0 spiro atoms. The lowest BCUT2D eigenvalue weighted by molar-refractivity contribution is 0.323. The summed E-state index contributed by atoms with van der Waals surface area (Å²) < 4.78 is 0. The maximum Gasteiger partial charge on any atom is 0.0702 e. The van der Waals surface area contributed by atoms with Crippen LogP contribution in [0.3, 0.4) is 0 Å². The molecule has 3 aliphatic carbocycles. The molecule has 1 heterocycles. The van der Waals surface area contributed by atoms with E-state index in [1.807, 2.05) is 0 Å². The zero-order valence-electron chi connectivity index (χ0n) is 11.7. The minimum atomic E-state index is 0.416. The van der Waals surface area contributed by atoms with Gasteiger partial charge in [-0.15, -0.1) is 0 Å². The molecular formula is C16H22N2. The first kappa shape index (κ1) is 11.0. The predicted molar refractivity (Wildman–Crippen MR) is 71.6 cm³/mol. The van der Waals surface area contributed by atoms with Crippen molar-refractivity contribution < 1.29 is 0 Å². The van der Waals surface area contributed by atoms with Crippen LogP contribution in [0.2, 0.25) is 0 Å². The Labute approximate surface area is 109 Å². The highest BCUT2D eigenvalue weighted by molar-refractivity contribution is 5.41. The van der Waals surface area contributed by atoms with E-state index in [0.717, 1.165) is 12.3 Å². The van der Waals surface area contributed by atoms with Gasteiger partial charge in [0.05, 0.1) is 11.4 Å². The molecular weight excluding hydrogens is 220 g/mol. The average Bonchev–Trinajstić information content (AvgIpc) is 2.91. The molecule has 2 fully saturated rings. The van der Waals surface area contributed by atoms with Gasteiger partial charge in [-0.25, -0.2) is 0 Å². The predicted octanol–water partition coefficient (Wildman–Crippen LogP) is 3.82. The molecule has 4 rings (SSSR count). The van der Waals surface area contributed by atoms with Gasteiger partial charge in [0.25, 0.3) is 0 Å². The fraction of sp³-hybridized carbons (Fsp3) is 0.750. The van der Waals surface area contributed by atoms with Crippen LogP contribution in [0.15, 0.2) is 6.07 Å². The Kier molecular flexibility index (Phi) is 1.92. The largest absolute Gasteiger partial charge is 0.155 e. The van der Waals surface area contributed by atoms with Gasteiger partial charge in [0, 0.05) is 5.92 Å². The van der Waals surface area contributed by atoms with Gasteiger partial charge in [0.1, 0.15) is 0 Å². The van der Waals surface area contributed by atoms with Gasteiger partial charge in [-0.05, 0) is 60.5 Å². The molecule has 0 amide bonds. The summed E-state index contributed by atoms with van der Waals surface area (Å²) in [4.78, 5) is 0. The molecule has 2 heteroatoms. The Morgan fingerprint density at radius 3 is 2.56 bits per heavy atom. The molecule has 2 bridgehead atoms. The first-order chi connectivity index (χ1) is 8.50. The van der Waals surface area contributed by atoms with Crippen molar-refractivity contribution in [3.63, 3.8) is 0 Å². The molecule has 3 aliphatic rings. The van der Waals surface area contributed by atoms with Gasteiger partial charge in [0.15, 0.2) is 0 Å². The Morgan fingerprint density at radius 1 is 1.11 bits per heavy atom. The third-order valence-electron chi connectivity index (χ3n) is 5.86. The molecule has 2 atom stereocenters. The molecule has 2 saturated carbocycles. The van der Waals surface area contributed by atoms with E-state index in [2.05, 4.69) is 37.0 Å². The second-order valence-electron chi connectivity index (χ2n) is 7.67. The Hall–Kier alpha value is -0.920. The molecule has 0 radical (unpaired) electrons. The lowest BCUT2D eigenvalue weighted by Crippen LogP contribution is -2.14. The van der Waals surface area contributed by atoms with Gasteiger partial charge in [-0.2, -0.15) is 10.2 Å². The van der Waals surface area contributed by atoms with Crippen molar-refractivity contribution in [2.45, 2.75) is 64.7 Å². The molecule has 1 aromatic heterocycles. The smallest absolute Gasteiger partial charge is 0.0702 e. The second-order valence-corrected chi connectivity index (χ2v) is 7.67. The van der Waals surface area contributed by atoms with Crippen LogP contribution in [0, 0.1) is 10.8 Å². The summed E-state index contributed by atoms with van der Waals surface area (Å²) in [5, 5.41) is 9.11. The zero-order chi connectivity index (χ0) is 12.5. The molecule has 96 valence electrons. The highest BCUT2D eigenvalue weighted by Crippen LogP contribution is 2.63. The molecule has 0 unspecified atom stereocenters. The standard InChI is InChI=1S/C16H22N2/c1-15(2)12-4-5-13(15)14-11(12)8-10(17-18-14)9-16(3)6-7-16/h8,12-13H,4-7,9H2,1-3H3/t12-,13+/m1/s1. The molecule has 1 aromatic rings. The number of rotatable bonds is 2. The van der Waals surface area contributed by atoms with Crippen LogP contribution in [-0.4, -0.2) is 10.2 Å². The number of nitrogens with zero attached hydrogens (tertiary/aromatic N) is 2. The van der Waals surface area contributed by atoms with Crippen LogP contribution in [-0.2, 0) is 6.42 Å². The first-order valence-corrected chi connectivity index (χ1v) is 7.36. The maximum atomic E-state index is 4.60. The van der Waals surface area contributed by atoms with Crippen molar-refractivity contribution in [3.05, 3.63) is 23.0 Å². The van der Waals surface area contributed by atoms with Crippen LogP contribution in [0.5, 0.6) is 0 Å². The lowest BCUT2D eigenvalue weighted by Gasteiger charge is -2.23. The summed E-state index contributed by atoms with van der Waals surface area (Å²) in [6, 6.07) is 2.39. The van der Waals surface area contributed by atoms with Crippen molar-refractivity contribution in [2.75, 3.05) is 0 Å². The summed E-state index contributed by atoms with van der Waals surface area (Å²) >= 11 is 0. The Balaban J connectivity index is 1.72. The Bertz CT molecular complexity index is 514. The molecule has 0 saturated heterocycles. The fourth-order valence-corrected chi connectivity index (χ4v) is 4.29. The van der Waals surface area contributed by atoms with E-state index in [1.54, 1.807) is 0 Å². The molecule has 0 aromatic carbocycles. The van der Waals surface area contributed by atoms with E-state index in [-0.39, 0.29) is 0 Å². The van der Waals surface area contributed by atoms with Crippen molar-refractivity contribution in [3.8, 4) is 0 Å². The topological polar surface area (TPSA) is 25.8 Å². The summed E-state index contributed by atoms with van der Waals surface area (Å²) in [6.45, 7) is 7.20. The van der Waals surface area contributed by atoms with E-state index in [9.17, 15) is 0 Å². The van der Waals surface area contributed by atoms with Crippen molar-refractivity contribution in [2.24, 2.45) is 10.8 Å². The van der Waals surface area contributed by atoms with Gasteiger partial charge in [-0.1, -0.05) is 20.8 Å². The van der Waals surface area contributed by atoms with Gasteiger partial charge in [0.2, 0.25) is 0 Å². The summed E-state index contributed by atoms with van der Waals surface area (Å²) in [5.41, 5.74) is 5.04. The SMILES string of the molecule is CC1(Cc2cc3c(nn2)[C@@H]2CC[C@H]3C2(C)C)CC1. The van der Waals surface area contributed by atoms with Crippen LogP contribution in [0.4, 0.5) is 0 Å². The zero-order valence-corrected chi connectivity index (χ0v) is 11.7. The van der Waals surface area contributed by atoms with Gasteiger partial charge in [-0.3, -0.25) is 0 Å². The van der Waals surface area contributed by atoms with Crippen molar-refractivity contribution >= 4 is 0 Å². The highest BCUT2D eigenvalue weighted by atomic mass is 15.1. The highest BCUT2D eigenvalue weighted by Gasteiger charge is 2.52. The normalized spacial score (nSPS) is 33.5. The Morgan fingerprint density at radius 2 is 1.83 bits per heavy atom. The summed E-state index contributed by atoms with van der Waals surface area (Å²) in [7, 11) is 0. The van der Waals surface area contributed by atoms with Crippen LogP contribution < -0.4 is 0 Å². The van der Waals surface area contributed by atoms with Crippen molar-refractivity contribution in [1.82, 2.24) is 10.2 Å². The number of hydrogen-bond acceptors (Lipinski definition) is 2. The molecule has 2 nitrogen and oxygen atoms in total. The van der Waals surface area contributed by atoms with Crippen LogP contribution in [0.25, 0.3) is 0 Å². The van der Waals surface area contributed by atoms with E-state index in [0.29, 0.717) is 16.7 Å². The molecule has 0 aliphatic heterocycles. The minimum absolute atomic E-state index is 0.416. The molecule has 18 heavy (non-hydrogen) atoms. The second kappa shape index (κ2) is 3.15. The van der Waals surface area contributed by atoms with Crippen LogP contribution >= 0.6 is 0 Å². The molecule has 0 N–H and O–H groups in total. The number of aromatic nitrogens is 2. The van der Waals surface area contributed by atoms with E-state index in [4.69, 9.17) is 0 Å². The van der Waals surface area contributed by atoms with E-state index >= 15 is 0 Å². The first-order valence-electron chi connectivity index (χ1n) is 7.36. The number of fused-ring (bicyclic) bond motifs is 5. The fourth-order valence-electron chi connectivity index (χ4n) is 4.29. The number of hydrogen-bond donors (Lipinski definition) is 0. The summed E-state index contributed by atoms with van der Waals surface area (Å²) in [6.07, 6.45) is 6.53. The third kappa shape index (κ3) is 1.35. The third-order valence-corrected chi connectivity index (χ3v) is 5.86. The maximum absolute atomic E-state index is 4.60. The summed E-state index contributed by atoms with van der Waals surface area (Å²) in [5.74, 6) is 1.40. The van der Waals surface area contributed by atoms with Gasteiger partial charge >= 0.3 is 0 Å². The van der Waals surface area contributed by atoms with Crippen LogP contribution in [0.1, 0.15) is 75.2 Å². The minimum Gasteiger partial charge on any atom is -0.155 e. The monoisotopic (exact) mass is 242 g/mol. The van der Waals surface area contributed by atoms with Gasteiger partial charge < -0.3 is 0 Å². The quantitative estimate of drug-likeness (QED) is 0.788. The lowest BCUT2D eigenvalue weighted by atomic mass is 9.80. The average molecular weight is 242 g/mol. The van der Waals surface area contributed by atoms with E-state index < -0.39 is 0 Å².